The molecule has 2 aromatic rings. The van der Waals surface area contributed by atoms with Crippen molar-refractivity contribution in [3.05, 3.63) is 47.7 Å². The summed E-state index contributed by atoms with van der Waals surface area (Å²) >= 11 is 0. The fourth-order valence-corrected chi connectivity index (χ4v) is 3.95. The number of hydrogen-bond acceptors (Lipinski definition) is 3. The lowest BCUT2D eigenvalue weighted by Gasteiger charge is -2.43. The highest BCUT2D eigenvalue weighted by Crippen LogP contribution is 2.33. The second-order valence-electron chi connectivity index (χ2n) is 7.18. The summed E-state index contributed by atoms with van der Waals surface area (Å²) in [6.07, 6.45) is -0.926. The molecule has 0 radical (unpaired) electrons. The average molecular weight is 378 g/mol. The zero-order chi connectivity index (χ0) is 19.0. The maximum atomic E-state index is 12.9. The predicted octanol–water partition coefficient (Wildman–Crippen LogP) is 4.28. The number of hydrogen-bond donors (Lipinski definition) is 0. The minimum absolute atomic E-state index is 0.173. The van der Waals surface area contributed by atoms with Gasteiger partial charge in [0, 0.05) is 31.2 Å². The van der Waals surface area contributed by atoms with Crippen molar-refractivity contribution in [2.24, 2.45) is 0 Å². The van der Waals surface area contributed by atoms with Crippen LogP contribution >= 0.6 is 0 Å². The van der Waals surface area contributed by atoms with Crippen LogP contribution < -0.4 is 0 Å². The summed E-state index contributed by atoms with van der Waals surface area (Å²) in [5.74, 6) is 0.242. The van der Waals surface area contributed by atoms with E-state index in [1.165, 1.54) is 18.9 Å². The Kier molecular flexibility index (Phi) is 4.72. The number of carbonyl (C=O) groups excluding carboxylic acids is 1. The van der Waals surface area contributed by atoms with Crippen LogP contribution in [0.5, 0.6) is 0 Å². The standard InChI is InChI=1S/C20H21F3N2O2/c21-20(22,23)15-5-3-4-14(12-15)17-7-8-18(27-17)19(26)25-11-10-24-9-2-1-6-16(24)13-25/h3-5,7-8,12,16H,1-2,6,9-11,13H2. The van der Waals surface area contributed by atoms with Gasteiger partial charge < -0.3 is 9.32 Å². The largest absolute Gasteiger partial charge is 0.451 e. The van der Waals surface area contributed by atoms with Crippen molar-refractivity contribution in [2.45, 2.75) is 31.5 Å². The molecule has 2 aliphatic heterocycles. The topological polar surface area (TPSA) is 36.7 Å². The van der Waals surface area contributed by atoms with Crippen LogP contribution in [-0.4, -0.2) is 47.9 Å². The first-order valence-electron chi connectivity index (χ1n) is 9.22. The Morgan fingerprint density at radius 2 is 1.93 bits per heavy atom. The fourth-order valence-electron chi connectivity index (χ4n) is 3.95. The minimum Gasteiger partial charge on any atom is -0.451 e. The van der Waals surface area contributed by atoms with Crippen molar-refractivity contribution in [1.29, 1.82) is 0 Å². The van der Waals surface area contributed by atoms with Crippen molar-refractivity contribution in [3.8, 4) is 11.3 Å². The Balaban J connectivity index is 1.50. The summed E-state index contributed by atoms with van der Waals surface area (Å²) in [7, 11) is 0. The maximum absolute atomic E-state index is 12.9. The number of fused-ring (bicyclic) bond motifs is 1. The quantitative estimate of drug-likeness (QED) is 0.783. The van der Waals surface area contributed by atoms with E-state index >= 15 is 0 Å². The first-order chi connectivity index (χ1) is 12.9. The molecule has 1 amide bonds. The third-order valence-corrected chi connectivity index (χ3v) is 5.42. The van der Waals surface area contributed by atoms with E-state index < -0.39 is 11.7 Å². The number of nitrogens with zero attached hydrogens (tertiary/aromatic N) is 2. The molecule has 0 bridgehead atoms. The molecule has 0 aliphatic carbocycles. The Bertz CT molecular complexity index is 831. The first kappa shape index (κ1) is 18.1. The zero-order valence-electron chi connectivity index (χ0n) is 14.8. The van der Waals surface area contributed by atoms with Gasteiger partial charge in [-0.2, -0.15) is 13.2 Å². The van der Waals surface area contributed by atoms with Gasteiger partial charge in [0.05, 0.1) is 5.56 Å². The predicted molar refractivity (Wildman–Crippen MR) is 94.3 cm³/mol. The molecule has 2 saturated heterocycles. The van der Waals surface area contributed by atoms with Gasteiger partial charge >= 0.3 is 6.18 Å². The summed E-state index contributed by atoms with van der Waals surface area (Å²) in [4.78, 5) is 17.0. The molecule has 0 N–H and O–H groups in total. The Morgan fingerprint density at radius 3 is 2.74 bits per heavy atom. The van der Waals surface area contributed by atoms with E-state index in [0.29, 0.717) is 24.7 Å². The molecule has 4 rings (SSSR count). The van der Waals surface area contributed by atoms with Gasteiger partial charge in [-0.25, -0.2) is 0 Å². The minimum atomic E-state index is -4.42. The van der Waals surface area contributed by atoms with Gasteiger partial charge in [0.25, 0.3) is 5.91 Å². The highest BCUT2D eigenvalue weighted by molar-refractivity contribution is 5.92. The molecule has 0 spiro atoms. The smallest absolute Gasteiger partial charge is 0.416 e. The molecule has 0 saturated carbocycles. The summed E-state index contributed by atoms with van der Waals surface area (Å²) in [5, 5.41) is 0. The summed E-state index contributed by atoms with van der Waals surface area (Å²) in [6.45, 7) is 3.28. The molecule has 3 heterocycles. The van der Waals surface area contributed by atoms with Crippen LogP contribution in [0.2, 0.25) is 0 Å². The van der Waals surface area contributed by atoms with Crippen molar-refractivity contribution >= 4 is 5.91 Å². The van der Waals surface area contributed by atoms with Gasteiger partial charge in [0.15, 0.2) is 5.76 Å². The van der Waals surface area contributed by atoms with E-state index in [9.17, 15) is 18.0 Å². The zero-order valence-corrected chi connectivity index (χ0v) is 14.8. The van der Waals surface area contributed by atoms with Crippen molar-refractivity contribution in [2.75, 3.05) is 26.2 Å². The van der Waals surface area contributed by atoms with Crippen LogP contribution in [0.25, 0.3) is 11.3 Å². The number of piperazine rings is 1. The molecule has 4 nitrogen and oxygen atoms in total. The van der Waals surface area contributed by atoms with Crippen molar-refractivity contribution < 1.29 is 22.4 Å². The van der Waals surface area contributed by atoms with Crippen LogP contribution in [0.1, 0.15) is 35.4 Å². The Morgan fingerprint density at radius 1 is 1.07 bits per heavy atom. The molecule has 7 heteroatoms. The van der Waals surface area contributed by atoms with Crippen LogP contribution in [-0.2, 0) is 6.18 Å². The van der Waals surface area contributed by atoms with Crippen LogP contribution in [0.4, 0.5) is 13.2 Å². The van der Waals surface area contributed by atoms with E-state index in [4.69, 9.17) is 4.42 Å². The molecule has 1 aromatic heterocycles. The fraction of sp³-hybridized carbons (Fsp3) is 0.450. The number of furan rings is 1. The Labute approximate surface area is 155 Å². The van der Waals surface area contributed by atoms with Gasteiger partial charge in [-0.3, -0.25) is 9.69 Å². The van der Waals surface area contributed by atoms with Gasteiger partial charge in [0.2, 0.25) is 0 Å². The van der Waals surface area contributed by atoms with Gasteiger partial charge in [-0.05, 0) is 43.7 Å². The molecule has 2 fully saturated rings. The van der Waals surface area contributed by atoms with Gasteiger partial charge in [-0.1, -0.05) is 18.6 Å². The molecule has 27 heavy (non-hydrogen) atoms. The second kappa shape index (κ2) is 7.03. The number of amides is 1. The average Bonchev–Trinajstić information content (AvgIpc) is 3.17. The molecule has 2 aliphatic rings. The van der Waals surface area contributed by atoms with Crippen LogP contribution in [0.15, 0.2) is 40.8 Å². The lowest BCUT2D eigenvalue weighted by Crippen LogP contribution is -2.56. The monoisotopic (exact) mass is 378 g/mol. The van der Waals surface area contributed by atoms with E-state index in [-0.39, 0.29) is 17.4 Å². The summed E-state index contributed by atoms with van der Waals surface area (Å²) in [5.41, 5.74) is -0.432. The number of carbonyl (C=O) groups is 1. The third-order valence-electron chi connectivity index (χ3n) is 5.42. The van der Waals surface area contributed by atoms with Crippen LogP contribution in [0, 0.1) is 0 Å². The van der Waals surface area contributed by atoms with Gasteiger partial charge in [0.1, 0.15) is 5.76 Å². The normalized spacial score (nSPS) is 21.1. The number of alkyl halides is 3. The molecule has 144 valence electrons. The molecular weight excluding hydrogens is 357 g/mol. The highest BCUT2D eigenvalue weighted by atomic mass is 19.4. The summed E-state index contributed by atoms with van der Waals surface area (Å²) in [6, 6.07) is 8.43. The lowest BCUT2D eigenvalue weighted by molar-refractivity contribution is -0.137. The number of rotatable bonds is 2. The number of benzene rings is 1. The summed E-state index contributed by atoms with van der Waals surface area (Å²) < 4.78 is 44.3. The van der Waals surface area contributed by atoms with Crippen molar-refractivity contribution in [1.82, 2.24) is 9.80 Å². The number of piperidine rings is 1. The molecule has 1 atom stereocenters. The molecule has 1 aromatic carbocycles. The van der Waals surface area contributed by atoms with Crippen molar-refractivity contribution in [3.63, 3.8) is 0 Å². The van der Waals surface area contributed by atoms with E-state index in [1.807, 2.05) is 0 Å². The highest BCUT2D eigenvalue weighted by Gasteiger charge is 2.33. The van der Waals surface area contributed by atoms with Crippen LogP contribution in [0.3, 0.4) is 0 Å². The van der Waals surface area contributed by atoms with E-state index in [1.54, 1.807) is 23.1 Å². The van der Waals surface area contributed by atoms with E-state index in [0.717, 1.165) is 31.6 Å². The Hall–Kier alpha value is -2.28. The number of halogens is 3. The molecular formula is C20H21F3N2O2. The SMILES string of the molecule is O=C(c1ccc(-c2cccc(C(F)(F)F)c2)o1)N1CCN2CCCCC2C1. The first-order valence-corrected chi connectivity index (χ1v) is 9.22. The van der Waals surface area contributed by atoms with E-state index in [2.05, 4.69) is 4.90 Å². The lowest BCUT2D eigenvalue weighted by atomic mass is 9.99. The second-order valence-corrected chi connectivity index (χ2v) is 7.18. The maximum Gasteiger partial charge on any atom is 0.416 e. The third kappa shape index (κ3) is 3.74. The van der Waals surface area contributed by atoms with Gasteiger partial charge in [-0.15, -0.1) is 0 Å². The molecule has 1 unspecified atom stereocenters.